The minimum Gasteiger partial charge on any atom is -0.478 e. The van der Waals surface area contributed by atoms with Crippen LogP contribution in [0.4, 0.5) is 0 Å². The van der Waals surface area contributed by atoms with E-state index < -0.39 is 5.97 Å². The molecule has 0 aromatic carbocycles. The number of nitrogens with zero attached hydrogens (tertiary/aromatic N) is 1. The zero-order chi connectivity index (χ0) is 11.4. The summed E-state index contributed by atoms with van der Waals surface area (Å²) in [7, 11) is 1.87. The maximum absolute atomic E-state index is 10.6. The van der Waals surface area contributed by atoms with Crippen molar-refractivity contribution >= 4 is 33.2 Å². The average molecular weight is 290 g/mol. The summed E-state index contributed by atoms with van der Waals surface area (Å²) in [6, 6.07) is 2.03. The number of aliphatic carboxylic acids is 1. The van der Waals surface area contributed by atoms with Crippen molar-refractivity contribution in [3.05, 3.63) is 32.9 Å². The molecule has 3 nitrogen and oxygen atoms in total. The van der Waals surface area contributed by atoms with E-state index in [2.05, 4.69) is 22.5 Å². The first-order valence-electron chi connectivity index (χ1n) is 4.31. The van der Waals surface area contributed by atoms with Crippen molar-refractivity contribution in [3.8, 4) is 0 Å². The Balaban J connectivity index is 2.46. The molecule has 0 atom stereocenters. The highest BCUT2D eigenvalue weighted by molar-refractivity contribution is 9.11. The third-order valence-electron chi connectivity index (χ3n) is 1.84. The summed E-state index contributed by atoms with van der Waals surface area (Å²) in [5.41, 5.74) is 1.39. The minimum absolute atomic E-state index is 0.215. The van der Waals surface area contributed by atoms with Crippen molar-refractivity contribution in [1.82, 2.24) is 4.90 Å². The van der Waals surface area contributed by atoms with Crippen LogP contribution < -0.4 is 0 Å². The van der Waals surface area contributed by atoms with E-state index in [4.69, 9.17) is 5.11 Å². The summed E-state index contributed by atoms with van der Waals surface area (Å²) in [6.07, 6.45) is 0. The number of likely N-dealkylation sites (N-methyl/N-ethyl adjacent to an activating group) is 1. The van der Waals surface area contributed by atoms with Crippen molar-refractivity contribution in [1.29, 1.82) is 0 Å². The third kappa shape index (κ3) is 4.15. The zero-order valence-corrected chi connectivity index (χ0v) is 10.8. The Morgan fingerprint density at radius 3 is 2.87 bits per heavy atom. The van der Waals surface area contributed by atoms with Gasteiger partial charge >= 0.3 is 5.97 Å². The van der Waals surface area contributed by atoms with E-state index in [1.54, 1.807) is 11.3 Å². The van der Waals surface area contributed by atoms with Crippen molar-refractivity contribution in [2.45, 2.75) is 6.54 Å². The Morgan fingerprint density at radius 2 is 2.40 bits per heavy atom. The van der Waals surface area contributed by atoms with Gasteiger partial charge in [-0.1, -0.05) is 6.58 Å². The van der Waals surface area contributed by atoms with Crippen LogP contribution in [0, 0.1) is 0 Å². The van der Waals surface area contributed by atoms with Crippen LogP contribution in [-0.2, 0) is 11.3 Å². The molecule has 1 N–H and O–H groups in total. The van der Waals surface area contributed by atoms with Gasteiger partial charge in [0.05, 0.1) is 3.79 Å². The van der Waals surface area contributed by atoms with Gasteiger partial charge in [-0.05, 0) is 40.0 Å². The molecular formula is C10H12BrNO2S. The molecule has 0 saturated carbocycles. The molecule has 1 aromatic heterocycles. The number of rotatable bonds is 5. The fourth-order valence-corrected chi connectivity index (χ4v) is 2.39. The number of carbonyl (C=O) groups is 1. The van der Waals surface area contributed by atoms with Crippen LogP contribution in [-0.4, -0.2) is 29.6 Å². The van der Waals surface area contributed by atoms with E-state index in [1.165, 1.54) is 5.56 Å². The van der Waals surface area contributed by atoms with E-state index in [-0.39, 0.29) is 5.57 Å². The van der Waals surface area contributed by atoms with E-state index in [1.807, 2.05) is 23.4 Å². The summed E-state index contributed by atoms with van der Waals surface area (Å²) in [5, 5.41) is 10.7. The lowest BCUT2D eigenvalue weighted by atomic mass is 10.2. The summed E-state index contributed by atoms with van der Waals surface area (Å²) in [5.74, 6) is -0.937. The molecule has 0 unspecified atom stereocenters. The van der Waals surface area contributed by atoms with Gasteiger partial charge in [0.15, 0.2) is 0 Å². The van der Waals surface area contributed by atoms with Crippen molar-refractivity contribution in [2.24, 2.45) is 0 Å². The maximum atomic E-state index is 10.6. The number of thiophene rings is 1. The van der Waals surface area contributed by atoms with Crippen LogP contribution in [0.2, 0.25) is 0 Å². The molecule has 5 heteroatoms. The molecule has 1 aromatic rings. The Morgan fingerprint density at radius 1 is 1.73 bits per heavy atom. The van der Waals surface area contributed by atoms with Gasteiger partial charge in [-0.25, -0.2) is 4.79 Å². The standard InChI is InChI=1S/C10H12BrNO2S/c1-7(10(13)14)4-12(2)5-8-3-9(11)15-6-8/h3,6H,1,4-5H2,2H3,(H,13,14). The predicted octanol–water partition coefficient (Wildman–Crippen LogP) is 2.58. The summed E-state index contributed by atoms with van der Waals surface area (Å²) >= 11 is 5.01. The summed E-state index contributed by atoms with van der Waals surface area (Å²) < 4.78 is 1.09. The molecule has 15 heavy (non-hydrogen) atoms. The summed E-state index contributed by atoms with van der Waals surface area (Å²) in [4.78, 5) is 12.5. The lowest BCUT2D eigenvalue weighted by Crippen LogP contribution is -2.22. The second-order valence-electron chi connectivity index (χ2n) is 3.34. The normalized spacial score (nSPS) is 10.6. The molecule has 0 bridgehead atoms. The van der Waals surface area contributed by atoms with E-state index in [9.17, 15) is 4.79 Å². The molecule has 0 fully saturated rings. The molecule has 0 saturated heterocycles. The van der Waals surface area contributed by atoms with Gasteiger partial charge in [0.2, 0.25) is 0 Å². The molecule has 82 valence electrons. The molecule has 0 aliphatic rings. The maximum Gasteiger partial charge on any atom is 0.332 e. The Bertz CT molecular complexity index is 375. The highest BCUT2D eigenvalue weighted by Gasteiger charge is 2.08. The van der Waals surface area contributed by atoms with Gasteiger partial charge in [0, 0.05) is 18.7 Å². The van der Waals surface area contributed by atoms with Crippen molar-refractivity contribution < 1.29 is 9.90 Å². The van der Waals surface area contributed by atoms with Crippen molar-refractivity contribution in [3.63, 3.8) is 0 Å². The molecule has 0 spiro atoms. The number of carboxylic acids is 1. The number of halogens is 1. The fraction of sp³-hybridized carbons (Fsp3) is 0.300. The predicted molar refractivity (Wildman–Crippen MR) is 65.1 cm³/mol. The van der Waals surface area contributed by atoms with Crippen LogP contribution >= 0.6 is 27.3 Å². The number of hydrogen-bond acceptors (Lipinski definition) is 3. The average Bonchev–Trinajstić information content (AvgIpc) is 2.50. The first-order chi connectivity index (χ1) is 6.99. The molecule has 0 aliphatic heterocycles. The van der Waals surface area contributed by atoms with Gasteiger partial charge in [0.1, 0.15) is 0 Å². The van der Waals surface area contributed by atoms with Crippen LogP contribution in [0.5, 0.6) is 0 Å². The van der Waals surface area contributed by atoms with Crippen LogP contribution in [0.15, 0.2) is 27.4 Å². The SMILES string of the molecule is C=C(CN(C)Cc1csc(Br)c1)C(=O)O. The molecule has 0 aliphatic carbocycles. The second-order valence-corrected chi connectivity index (χ2v) is 5.63. The lowest BCUT2D eigenvalue weighted by molar-refractivity contribution is -0.132. The summed E-state index contributed by atoms with van der Waals surface area (Å²) in [6.45, 7) is 4.60. The van der Waals surface area contributed by atoms with Crippen LogP contribution in [0.25, 0.3) is 0 Å². The van der Waals surface area contributed by atoms with Crippen LogP contribution in [0.1, 0.15) is 5.56 Å². The first kappa shape index (κ1) is 12.4. The molecule has 0 radical (unpaired) electrons. The molecule has 0 amide bonds. The van der Waals surface area contributed by atoms with Crippen molar-refractivity contribution in [2.75, 3.05) is 13.6 Å². The Hall–Kier alpha value is -0.650. The third-order valence-corrected chi connectivity index (χ3v) is 3.39. The minimum atomic E-state index is -0.937. The Kier molecular flexibility index (Phi) is 4.50. The molecule has 1 heterocycles. The van der Waals surface area contributed by atoms with E-state index >= 15 is 0 Å². The number of carboxylic acid groups (broad SMARTS) is 1. The largest absolute Gasteiger partial charge is 0.478 e. The topological polar surface area (TPSA) is 40.5 Å². The zero-order valence-electron chi connectivity index (χ0n) is 8.36. The molecule has 1 rings (SSSR count). The first-order valence-corrected chi connectivity index (χ1v) is 5.99. The van der Waals surface area contributed by atoms with Gasteiger partial charge in [-0.15, -0.1) is 11.3 Å². The monoisotopic (exact) mass is 289 g/mol. The lowest BCUT2D eigenvalue weighted by Gasteiger charge is -2.15. The van der Waals surface area contributed by atoms with Gasteiger partial charge in [-0.3, -0.25) is 4.90 Å². The van der Waals surface area contributed by atoms with Gasteiger partial charge in [-0.2, -0.15) is 0 Å². The van der Waals surface area contributed by atoms with E-state index in [0.717, 1.165) is 10.3 Å². The smallest absolute Gasteiger partial charge is 0.332 e. The highest BCUT2D eigenvalue weighted by atomic mass is 79.9. The fourth-order valence-electron chi connectivity index (χ4n) is 1.19. The number of hydrogen-bond donors (Lipinski definition) is 1. The van der Waals surface area contributed by atoms with Gasteiger partial charge in [0.25, 0.3) is 0 Å². The molecular weight excluding hydrogens is 278 g/mol. The second kappa shape index (κ2) is 5.44. The van der Waals surface area contributed by atoms with E-state index in [0.29, 0.717) is 6.54 Å². The van der Waals surface area contributed by atoms with Gasteiger partial charge < -0.3 is 5.11 Å². The Labute approximate surface area is 101 Å². The highest BCUT2D eigenvalue weighted by Crippen LogP contribution is 2.21. The quantitative estimate of drug-likeness (QED) is 0.847. The van der Waals surface area contributed by atoms with Crippen LogP contribution in [0.3, 0.4) is 0 Å².